The minimum Gasteiger partial charge on any atom is -0.206 e. The van der Waals surface area contributed by atoms with Crippen molar-refractivity contribution in [3.63, 3.8) is 0 Å². The molecule has 0 heterocycles. The van der Waals surface area contributed by atoms with Gasteiger partial charge in [0.25, 0.3) is 6.08 Å². The molecule has 0 amide bonds. The van der Waals surface area contributed by atoms with E-state index in [0.29, 0.717) is 11.5 Å². The van der Waals surface area contributed by atoms with Crippen molar-refractivity contribution in [3.05, 3.63) is 88.7 Å². The van der Waals surface area contributed by atoms with Gasteiger partial charge in [-0.25, -0.2) is 4.39 Å². The van der Waals surface area contributed by atoms with Crippen molar-refractivity contribution in [1.29, 1.82) is 0 Å². The summed E-state index contributed by atoms with van der Waals surface area (Å²) in [5, 5.41) is 1.10. The van der Waals surface area contributed by atoms with E-state index < -0.39 is 11.9 Å². The average molecular weight is 354 g/mol. The summed E-state index contributed by atoms with van der Waals surface area (Å²) in [6.45, 7) is 2.17. The molecule has 3 aromatic carbocycles. The molecule has 3 heteroatoms. The van der Waals surface area contributed by atoms with Crippen LogP contribution in [0.15, 0.2) is 60.7 Å². The molecule has 0 fully saturated rings. The maximum absolute atomic E-state index is 14.3. The van der Waals surface area contributed by atoms with Gasteiger partial charge in [0.15, 0.2) is 0 Å². The maximum atomic E-state index is 14.3. The standard InChI is InChI=1S/C23H21F3/c1-2-3-16-4-6-17(7-5-16)8-9-18-10-13-21-19(14-18)11-12-20(23(21)26)15-22(24)25/h4-7,10-15H,2-3,8-9H2,1H3. The molecule has 0 N–H and O–H groups in total. The topological polar surface area (TPSA) is 0 Å². The number of benzene rings is 3. The fourth-order valence-corrected chi connectivity index (χ4v) is 3.19. The molecule has 3 rings (SSSR count). The van der Waals surface area contributed by atoms with Crippen LogP contribution in [-0.4, -0.2) is 0 Å². The highest BCUT2D eigenvalue weighted by atomic mass is 19.3. The Morgan fingerprint density at radius 1 is 0.808 bits per heavy atom. The van der Waals surface area contributed by atoms with Gasteiger partial charge in [-0.3, -0.25) is 0 Å². The van der Waals surface area contributed by atoms with Crippen LogP contribution in [-0.2, 0) is 19.3 Å². The lowest BCUT2D eigenvalue weighted by Crippen LogP contribution is -1.93. The van der Waals surface area contributed by atoms with Crippen LogP contribution < -0.4 is 0 Å². The van der Waals surface area contributed by atoms with Crippen molar-refractivity contribution >= 4 is 16.8 Å². The van der Waals surface area contributed by atoms with E-state index in [-0.39, 0.29) is 5.56 Å². The Bertz CT molecular complexity index is 920. The summed E-state index contributed by atoms with van der Waals surface area (Å²) in [6, 6.07) is 17.2. The number of aryl methyl sites for hydroxylation is 3. The van der Waals surface area contributed by atoms with Crippen molar-refractivity contribution in [2.45, 2.75) is 32.6 Å². The van der Waals surface area contributed by atoms with E-state index in [1.807, 2.05) is 12.1 Å². The summed E-state index contributed by atoms with van der Waals surface area (Å²) in [5.41, 5.74) is 3.65. The molecule has 0 saturated carbocycles. The van der Waals surface area contributed by atoms with Crippen molar-refractivity contribution in [2.24, 2.45) is 0 Å². The molecule has 3 aromatic rings. The summed E-state index contributed by atoms with van der Waals surface area (Å²) < 4.78 is 39.1. The lowest BCUT2D eigenvalue weighted by molar-refractivity contribution is 0.429. The highest BCUT2D eigenvalue weighted by Gasteiger charge is 2.08. The van der Waals surface area contributed by atoms with Crippen LogP contribution in [0, 0.1) is 5.82 Å². The van der Waals surface area contributed by atoms with E-state index in [1.54, 1.807) is 12.1 Å². The van der Waals surface area contributed by atoms with E-state index >= 15 is 0 Å². The fraction of sp³-hybridized carbons (Fsp3) is 0.217. The largest absolute Gasteiger partial charge is 0.271 e. The second-order valence-corrected chi connectivity index (χ2v) is 6.52. The molecule has 0 aliphatic heterocycles. The van der Waals surface area contributed by atoms with Gasteiger partial charge in [0, 0.05) is 17.0 Å². The van der Waals surface area contributed by atoms with Gasteiger partial charge in [-0.15, -0.1) is 0 Å². The fourth-order valence-electron chi connectivity index (χ4n) is 3.19. The third-order valence-electron chi connectivity index (χ3n) is 4.58. The lowest BCUT2D eigenvalue weighted by atomic mass is 9.98. The van der Waals surface area contributed by atoms with E-state index in [9.17, 15) is 13.2 Å². The third kappa shape index (κ3) is 4.34. The molecule has 0 atom stereocenters. The van der Waals surface area contributed by atoms with Gasteiger partial charge < -0.3 is 0 Å². The molecule has 0 aliphatic rings. The first kappa shape index (κ1) is 18.2. The summed E-state index contributed by atoms with van der Waals surface area (Å²) in [4.78, 5) is 0. The molecule has 134 valence electrons. The van der Waals surface area contributed by atoms with Gasteiger partial charge in [0.05, 0.1) is 0 Å². The SMILES string of the molecule is CCCc1ccc(CCc2ccc3c(F)c(C=C(F)F)ccc3c2)cc1. The number of fused-ring (bicyclic) bond motifs is 1. The Morgan fingerprint density at radius 3 is 2.08 bits per heavy atom. The molecule has 0 saturated heterocycles. The van der Waals surface area contributed by atoms with Crippen molar-refractivity contribution in [1.82, 2.24) is 0 Å². The summed E-state index contributed by atoms with van der Waals surface area (Å²) >= 11 is 0. The normalized spacial score (nSPS) is 10.9. The second kappa shape index (κ2) is 8.22. The van der Waals surface area contributed by atoms with E-state index in [1.165, 1.54) is 17.2 Å². The zero-order chi connectivity index (χ0) is 18.5. The molecular formula is C23H21F3. The van der Waals surface area contributed by atoms with Gasteiger partial charge in [-0.05, 0) is 41.3 Å². The predicted octanol–water partition coefficient (Wildman–Crippen LogP) is 6.95. The Morgan fingerprint density at radius 2 is 1.42 bits per heavy atom. The molecule has 0 spiro atoms. The minimum atomic E-state index is -1.90. The predicted molar refractivity (Wildman–Crippen MR) is 102 cm³/mol. The monoisotopic (exact) mass is 354 g/mol. The molecule has 0 bridgehead atoms. The third-order valence-corrected chi connectivity index (χ3v) is 4.58. The zero-order valence-corrected chi connectivity index (χ0v) is 14.7. The number of halogens is 3. The van der Waals surface area contributed by atoms with Crippen LogP contribution in [0.1, 0.15) is 35.6 Å². The van der Waals surface area contributed by atoms with Crippen LogP contribution in [0.5, 0.6) is 0 Å². The van der Waals surface area contributed by atoms with E-state index in [4.69, 9.17) is 0 Å². The number of hydrogen-bond acceptors (Lipinski definition) is 0. The summed E-state index contributed by atoms with van der Waals surface area (Å²) in [7, 11) is 0. The van der Waals surface area contributed by atoms with Gasteiger partial charge in [-0.1, -0.05) is 67.9 Å². The van der Waals surface area contributed by atoms with Gasteiger partial charge in [0.2, 0.25) is 0 Å². The minimum absolute atomic E-state index is 0.0857. The van der Waals surface area contributed by atoms with E-state index in [2.05, 4.69) is 31.2 Å². The number of hydrogen-bond donors (Lipinski definition) is 0. The molecule has 0 aliphatic carbocycles. The molecule has 0 unspecified atom stereocenters. The number of rotatable bonds is 6. The van der Waals surface area contributed by atoms with Crippen LogP contribution in [0.4, 0.5) is 13.2 Å². The molecular weight excluding hydrogens is 333 g/mol. The Balaban J connectivity index is 1.76. The highest BCUT2D eigenvalue weighted by Crippen LogP contribution is 2.25. The lowest BCUT2D eigenvalue weighted by Gasteiger charge is -2.07. The molecule has 26 heavy (non-hydrogen) atoms. The van der Waals surface area contributed by atoms with Gasteiger partial charge in [-0.2, -0.15) is 8.78 Å². The molecule has 0 nitrogen and oxygen atoms in total. The molecule has 0 aromatic heterocycles. The zero-order valence-electron chi connectivity index (χ0n) is 14.7. The van der Waals surface area contributed by atoms with Crippen molar-refractivity contribution < 1.29 is 13.2 Å². The maximum Gasteiger partial charge on any atom is 0.271 e. The van der Waals surface area contributed by atoms with Crippen LogP contribution in [0.3, 0.4) is 0 Å². The summed E-state index contributed by atoms with van der Waals surface area (Å²) in [5.74, 6) is -0.603. The summed E-state index contributed by atoms with van der Waals surface area (Å²) in [6.07, 6.45) is 2.66. The van der Waals surface area contributed by atoms with Gasteiger partial charge in [0.1, 0.15) is 5.82 Å². The highest BCUT2D eigenvalue weighted by molar-refractivity contribution is 5.86. The first-order valence-electron chi connectivity index (χ1n) is 8.88. The van der Waals surface area contributed by atoms with Gasteiger partial charge >= 0.3 is 0 Å². The second-order valence-electron chi connectivity index (χ2n) is 6.52. The first-order chi connectivity index (χ1) is 12.6. The van der Waals surface area contributed by atoms with E-state index in [0.717, 1.165) is 36.6 Å². The quantitative estimate of drug-likeness (QED) is 0.449. The first-order valence-corrected chi connectivity index (χ1v) is 8.88. The van der Waals surface area contributed by atoms with Crippen molar-refractivity contribution in [3.8, 4) is 0 Å². The van der Waals surface area contributed by atoms with Crippen LogP contribution in [0.2, 0.25) is 0 Å². The Labute approximate surface area is 152 Å². The van der Waals surface area contributed by atoms with Crippen LogP contribution in [0.25, 0.3) is 16.8 Å². The smallest absolute Gasteiger partial charge is 0.206 e. The van der Waals surface area contributed by atoms with Crippen molar-refractivity contribution in [2.75, 3.05) is 0 Å². The Hall–Kier alpha value is -2.55. The Kier molecular flexibility index (Phi) is 5.77. The molecule has 0 radical (unpaired) electrons. The van der Waals surface area contributed by atoms with Crippen LogP contribution >= 0.6 is 0 Å². The average Bonchev–Trinajstić information content (AvgIpc) is 2.63.